The molecule has 1 saturated heterocycles. The number of carbonyl (C=O) groups is 2. The molecule has 0 aromatic heterocycles. The third kappa shape index (κ3) is 3.14. The predicted molar refractivity (Wildman–Crippen MR) is 110 cm³/mol. The summed E-state index contributed by atoms with van der Waals surface area (Å²) in [4.78, 5) is 26.1. The van der Waals surface area contributed by atoms with E-state index < -0.39 is 17.7 Å². The Kier molecular flexibility index (Phi) is 5.91. The molecule has 1 aliphatic heterocycles. The number of hydrogen-bond acceptors (Lipinski definition) is 5. The second-order valence-electron chi connectivity index (χ2n) is 8.48. The standard InChI is InChI=1S/C23H32N2O5/c1-3-29-20(26)24-19-12-15-23(22(19)13-8-9-14-22,25(24)21(27)30-4-2)17-28-16-18-10-6-5-7-11-18/h5-7,10-11,19H,3-4,8-9,12-17H2,1-2H3/t19-,23-/m0/s1. The largest absolute Gasteiger partial charge is 0.448 e. The summed E-state index contributed by atoms with van der Waals surface area (Å²) in [6.45, 7) is 4.94. The number of nitrogens with zero attached hydrogens (tertiary/aromatic N) is 2. The van der Waals surface area contributed by atoms with E-state index in [0.717, 1.165) is 44.1 Å². The van der Waals surface area contributed by atoms with Gasteiger partial charge in [0.15, 0.2) is 0 Å². The van der Waals surface area contributed by atoms with Gasteiger partial charge in [0.2, 0.25) is 0 Å². The Labute approximate surface area is 178 Å². The average Bonchev–Trinajstić information content (AvgIpc) is 3.42. The smallest absolute Gasteiger partial charge is 0.429 e. The predicted octanol–water partition coefficient (Wildman–Crippen LogP) is 4.51. The van der Waals surface area contributed by atoms with Crippen LogP contribution in [0.5, 0.6) is 0 Å². The van der Waals surface area contributed by atoms with E-state index in [1.165, 1.54) is 0 Å². The van der Waals surface area contributed by atoms with Crippen LogP contribution in [-0.4, -0.2) is 53.6 Å². The van der Waals surface area contributed by atoms with Crippen molar-refractivity contribution >= 4 is 12.2 Å². The molecule has 3 aliphatic rings. The van der Waals surface area contributed by atoms with Gasteiger partial charge in [-0.25, -0.2) is 19.6 Å². The van der Waals surface area contributed by atoms with Crippen LogP contribution in [0.15, 0.2) is 30.3 Å². The van der Waals surface area contributed by atoms with Gasteiger partial charge in [-0.3, -0.25) is 0 Å². The first kappa shape index (κ1) is 21.0. The van der Waals surface area contributed by atoms with Gasteiger partial charge in [-0.2, -0.15) is 0 Å². The molecular weight excluding hydrogens is 384 g/mol. The number of amides is 2. The molecule has 3 fully saturated rings. The minimum atomic E-state index is -0.581. The summed E-state index contributed by atoms with van der Waals surface area (Å²) in [7, 11) is 0. The Morgan fingerprint density at radius 2 is 1.67 bits per heavy atom. The van der Waals surface area contributed by atoms with Crippen LogP contribution in [0.4, 0.5) is 9.59 Å². The fourth-order valence-electron chi connectivity index (χ4n) is 6.07. The van der Waals surface area contributed by atoms with Crippen molar-refractivity contribution in [2.24, 2.45) is 5.41 Å². The molecule has 1 spiro atoms. The highest BCUT2D eigenvalue weighted by atomic mass is 16.6. The molecule has 0 unspecified atom stereocenters. The van der Waals surface area contributed by atoms with Gasteiger partial charge in [0.05, 0.1) is 38.0 Å². The molecule has 2 amide bonds. The lowest BCUT2D eigenvalue weighted by Gasteiger charge is -2.45. The summed E-state index contributed by atoms with van der Waals surface area (Å²) in [6, 6.07) is 9.97. The SMILES string of the molecule is CCOC(=O)N1[C@H]2CC[C@@](COCc3ccccc3)(N1C(=O)OCC)C21CCCC1. The molecule has 30 heavy (non-hydrogen) atoms. The van der Waals surface area contributed by atoms with E-state index in [9.17, 15) is 9.59 Å². The zero-order valence-corrected chi connectivity index (χ0v) is 18.0. The summed E-state index contributed by atoms with van der Waals surface area (Å²) in [5.41, 5.74) is 0.345. The molecule has 1 aromatic carbocycles. The van der Waals surface area contributed by atoms with E-state index in [4.69, 9.17) is 14.2 Å². The van der Waals surface area contributed by atoms with Crippen LogP contribution >= 0.6 is 0 Å². The van der Waals surface area contributed by atoms with Crippen LogP contribution in [-0.2, 0) is 20.8 Å². The van der Waals surface area contributed by atoms with Crippen molar-refractivity contribution in [3.8, 4) is 0 Å². The highest BCUT2D eigenvalue weighted by Gasteiger charge is 2.74. The molecule has 164 valence electrons. The number of hydrazine groups is 1. The lowest BCUT2D eigenvalue weighted by atomic mass is 9.70. The van der Waals surface area contributed by atoms with Crippen LogP contribution in [0, 0.1) is 5.41 Å². The molecule has 4 rings (SSSR count). The molecule has 1 aromatic rings. The minimum Gasteiger partial charge on any atom is -0.448 e. The van der Waals surface area contributed by atoms with Gasteiger partial charge < -0.3 is 14.2 Å². The van der Waals surface area contributed by atoms with Gasteiger partial charge in [0.25, 0.3) is 0 Å². The van der Waals surface area contributed by atoms with Crippen LogP contribution in [0.1, 0.15) is 57.9 Å². The molecule has 7 nitrogen and oxygen atoms in total. The monoisotopic (exact) mass is 416 g/mol. The zero-order chi connectivity index (χ0) is 21.2. The highest BCUT2D eigenvalue weighted by molar-refractivity contribution is 5.77. The zero-order valence-electron chi connectivity index (χ0n) is 18.0. The lowest BCUT2D eigenvalue weighted by Crippen LogP contribution is -2.61. The van der Waals surface area contributed by atoms with E-state index in [0.29, 0.717) is 13.2 Å². The first-order valence-corrected chi connectivity index (χ1v) is 11.1. The van der Waals surface area contributed by atoms with Gasteiger partial charge in [0, 0.05) is 5.41 Å². The number of carbonyl (C=O) groups excluding carboxylic acids is 2. The molecule has 2 saturated carbocycles. The number of benzene rings is 1. The van der Waals surface area contributed by atoms with E-state index in [1.54, 1.807) is 23.9 Å². The number of ether oxygens (including phenoxy) is 3. The molecular formula is C23H32N2O5. The maximum Gasteiger partial charge on any atom is 0.429 e. The summed E-state index contributed by atoms with van der Waals surface area (Å²) in [6.07, 6.45) is 4.88. The van der Waals surface area contributed by atoms with Crippen LogP contribution in [0.3, 0.4) is 0 Å². The van der Waals surface area contributed by atoms with Crippen molar-refractivity contribution in [2.75, 3.05) is 19.8 Å². The molecule has 0 N–H and O–H groups in total. The molecule has 7 heteroatoms. The quantitative estimate of drug-likeness (QED) is 0.682. The normalized spacial score (nSPS) is 26.4. The average molecular weight is 417 g/mol. The molecule has 0 radical (unpaired) electrons. The van der Waals surface area contributed by atoms with Gasteiger partial charge in [-0.05, 0) is 45.1 Å². The molecule has 2 aliphatic carbocycles. The number of hydrogen-bond donors (Lipinski definition) is 0. The van der Waals surface area contributed by atoms with Crippen molar-refractivity contribution in [1.82, 2.24) is 10.0 Å². The molecule has 1 heterocycles. The summed E-state index contributed by atoms with van der Waals surface area (Å²) in [5, 5.41) is 3.13. The van der Waals surface area contributed by atoms with Crippen molar-refractivity contribution in [3.05, 3.63) is 35.9 Å². The van der Waals surface area contributed by atoms with Crippen molar-refractivity contribution < 1.29 is 23.8 Å². The second-order valence-corrected chi connectivity index (χ2v) is 8.48. The van der Waals surface area contributed by atoms with Crippen LogP contribution in [0.25, 0.3) is 0 Å². The third-order valence-corrected chi connectivity index (χ3v) is 7.16. The second kappa shape index (κ2) is 8.46. The Hall–Kier alpha value is -2.28. The Balaban J connectivity index is 1.67. The van der Waals surface area contributed by atoms with E-state index in [1.807, 2.05) is 30.3 Å². The van der Waals surface area contributed by atoms with E-state index >= 15 is 0 Å². The maximum absolute atomic E-state index is 13.1. The van der Waals surface area contributed by atoms with Crippen molar-refractivity contribution in [3.63, 3.8) is 0 Å². The topological polar surface area (TPSA) is 68.3 Å². The van der Waals surface area contributed by atoms with Gasteiger partial charge in [-0.1, -0.05) is 43.2 Å². The first-order valence-electron chi connectivity index (χ1n) is 11.1. The summed E-state index contributed by atoms with van der Waals surface area (Å²) in [5.74, 6) is 0. The first-order chi connectivity index (χ1) is 14.6. The highest BCUT2D eigenvalue weighted by Crippen LogP contribution is 2.65. The third-order valence-electron chi connectivity index (χ3n) is 7.16. The van der Waals surface area contributed by atoms with E-state index in [-0.39, 0.29) is 24.7 Å². The van der Waals surface area contributed by atoms with Gasteiger partial charge in [0.1, 0.15) is 0 Å². The van der Waals surface area contributed by atoms with E-state index in [2.05, 4.69) is 0 Å². The Bertz CT molecular complexity index is 764. The Morgan fingerprint density at radius 1 is 1.00 bits per heavy atom. The van der Waals surface area contributed by atoms with Gasteiger partial charge in [-0.15, -0.1) is 0 Å². The minimum absolute atomic E-state index is 0.0521. The van der Waals surface area contributed by atoms with Crippen molar-refractivity contribution in [2.45, 2.75) is 70.6 Å². The molecule has 2 bridgehead atoms. The number of rotatable bonds is 6. The molecule has 2 atom stereocenters. The van der Waals surface area contributed by atoms with Crippen LogP contribution in [0.2, 0.25) is 0 Å². The summed E-state index contributed by atoms with van der Waals surface area (Å²) < 4.78 is 17.0. The lowest BCUT2D eigenvalue weighted by molar-refractivity contribution is -0.100. The fraction of sp³-hybridized carbons (Fsp3) is 0.652. The van der Waals surface area contributed by atoms with Gasteiger partial charge >= 0.3 is 12.2 Å². The van der Waals surface area contributed by atoms with Crippen LogP contribution < -0.4 is 0 Å². The van der Waals surface area contributed by atoms with Crippen molar-refractivity contribution in [1.29, 1.82) is 0 Å². The summed E-state index contributed by atoms with van der Waals surface area (Å²) >= 11 is 0. The Morgan fingerprint density at radius 3 is 2.33 bits per heavy atom. The fourth-order valence-corrected chi connectivity index (χ4v) is 6.07. The maximum atomic E-state index is 13.1.